The van der Waals surface area contributed by atoms with Crippen molar-refractivity contribution in [1.82, 2.24) is 0 Å². The van der Waals surface area contributed by atoms with Gasteiger partial charge in [-0.2, -0.15) is 0 Å². The summed E-state index contributed by atoms with van der Waals surface area (Å²) in [6.07, 6.45) is 0. The summed E-state index contributed by atoms with van der Waals surface area (Å²) in [5.74, 6) is 1.71. The molecule has 2 N–H and O–H groups in total. The number of hydrogen-bond donors (Lipinski definition) is 2. The first kappa shape index (κ1) is 18.9. The highest BCUT2D eigenvalue weighted by Crippen LogP contribution is 2.30. The van der Waals surface area contributed by atoms with E-state index in [2.05, 4.69) is 42.7 Å². The molecular formula is C20H28N2O3. The van der Waals surface area contributed by atoms with Crippen molar-refractivity contribution in [2.24, 2.45) is 0 Å². The van der Waals surface area contributed by atoms with Gasteiger partial charge in [-0.3, -0.25) is 0 Å². The Balaban J connectivity index is 0.000000181. The second kappa shape index (κ2) is 9.79. The second-order valence-electron chi connectivity index (χ2n) is 5.93. The molecule has 1 aliphatic heterocycles. The van der Waals surface area contributed by atoms with Crippen molar-refractivity contribution in [1.29, 1.82) is 0 Å². The van der Waals surface area contributed by atoms with Crippen molar-refractivity contribution >= 4 is 11.4 Å². The first-order chi connectivity index (χ1) is 12.1. The first-order valence-electron chi connectivity index (χ1n) is 8.48. The van der Waals surface area contributed by atoms with E-state index >= 15 is 0 Å². The summed E-state index contributed by atoms with van der Waals surface area (Å²) in [6, 6.07) is 12.2. The maximum Gasteiger partial charge on any atom is 0.146 e. The molecule has 3 rings (SSSR count). The van der Waals surface area contributed by atoms with Gasteiger partial charge in [0.05, 0.1) is 19.4 Å². The molecule has 5 heteroatoms. The molecule has 1 aliphatic rings. The van der Waals surface area contributed by atoms with E-state index in [0.29, 0.717) is 0 Å². The number of rotatable bonds is 5. The summed E-state index contributed by atoms with van der Waals surface area (Å²) in [6.45, 7) is 7.41. The molecular weight excluding hydrogens is 316 g/mol. The number of ether oxygens (including phenoxy) is 3. The third kappa shape index (κ3) is 6.19. The van der Waals surface area contributed by atoms with Crippen LogP contribution in [-0.4, -0.2) is 40.5 Å². The van der Waals surface area contributed by atoms with Gasteiger partial charge in [-0.05, 0) is 49.2 Å². The molecule has 25 heavy (non-hydrogen) atoms. The predicted octanol–water partition coefficient (Wildman–Crippen LogP) is 3.86. The zero-order valence-corrected chi connectivity index (χ0v) is 15.5. The summed E-state index contributed by atoms with van der Waals surface area (Å²) in [4.78, 5) is 0. The van der Waals surface area contributed by atoms with Crippen LogP contribution in [0.25, 0.3) is 0 Å². The highest BCUT2D eigenvalue weighted by atomic mass is 16.5. The minimum atomic E-state index is 0.722. The van der Waals surface area contributed by atoms with E-state index in [1.54, 1.807) is 14.2 Å². The fourth-order valence-corrected chi connectivity index (χ4v) is 2.62. The van der Waals surface area contributed by atoms with Crippen LogP contribution in [-0.2, 0) is 4.74 Å². The van der Waals surface area contributed by atoms with Crippen molar-refractivity contribution in [2.45, 2.75) is 13.8 Å². The molecule has 2 aromatic carbocycles. The maximum atomic E-state index is 5.42. The smallest absolute Gasteiger partial charge is 0.146 e. The number of aryl methyl sites for hydroxylation is 2. The number of anilines is 2. The third-order valence-corrected chi connectivity index (χ3v) is 3.72. The van der Waals surface area contributed by atoms with E-state index in [1.165, 1.54) is 16.8 Å². The van der Waals surface area contributed by atoms with E-state index in [1.807, 2.05) is 18.2 Å². The topological polar surface area (TPSA) is 51.8 Å². The van der Waals surface area contributed by atoms with Crippen LogP contribution >= 0.6 is 0 Å². The number of hydrogen-bond acceptors (Lipinski definition) is 5. The molecule has 0 saturated carbocycles. The van der Waals surface area contributed by atoms with E-state index in [9.17, 15) is 0 Å². The van der Waals surface area contributed by atoms with E-state index in [4.69, 9.17) is 14.2 Å². The second-order valence-corrected chi connectivity index (χ2v) is 5.93. The Bertz CT molecular complexity index is 654. The predicted molar refractivity (Wildman–Crippen MR) is 103 cm³/mol. The molecule has 0 saturated heterocycles. The van der Waals surface area contributed by atoms with Crippen LogP contribution in [0.2, 0.25) is 0 Å². The number of benzene rings is 2. The van der Waals surface area contributed by atoms with Crippen molar-refractivity contribution in [3.8, 4) is 11.5 Å². The number of nitrogens with one attached hydrogen (secondary N) is 2. The third-order valence-electron chi connectivity index (χ3n) is 3.72. The van der Waals surface area contributed by atoms with Crippen LogP contribution in [0.5, 0.6) is 11.5 Å². The average Bonchev–Trinajstić information content (AvgIpc) is 2.61. The standard InChI is InChI=1S/C11H17NO.C9H11NO2/c1-9-6-10(2)8-11(7-9)12-4-5-13-3;1-11-7-2-3-8-9(6-7)12-5-4-10-8/h6-8,12H,4-5H2,1-3H3;2-3,6,10H,4-5H2,1H3. The molecule has 0 atom stereocenters. The fourth-order valence-electron chi connectivity index (χ4n) is 2.62. The quantitative estimate of drug-likeness (QED) is 0.807. The zero-order valence-electron chi connectivity index (χ0n) is 15.5. The van der Waals surface area contributed by atoms with Gasteiger partial charge in [-0.25, -0.2) is 0 Å². The minimum absolute atomic E-state index is 0.722. The van der Waals surface area contributed by atoms with Crippen molar-refractivity contribution in [3.05, 3.63) is 47.5 Å². The van der Waals surface area contributed by atoms with Gasteiger partial charge in [0.2, 0.25) is 0 Å². The normalized spacial score (nSPS) is 12.0. The summed E-state index contributed by atoms with van der Waals surface area (Å²) >= 11 is 0. The lowest BCUT2D eigenvalue weighted by Gasteiger charge is -2.19. The van der Waals surface area contributed by atoms with Crippen LogP contribution in [0, 0.1) is 13.8 Å². The molecule has 0 radical (unpaired) electrons. The number of fused-ring (bicyclic) bond motifs is 1. The average molecular weight is 344 g/mol. The molecule has 0 unspecified atom stereocenters. The van der Waals surface area contributed by atoms with Crippen LogP contribution in [0.1, 0.15) is 11.1 Å². The fraction of sp³-hybridized carbons (Fsp3) is 0.400. The molecule has 0 spiro atoms. The Morgan fingerprint density at radius 1 is 1.08 bits per heavy atom. The van der Waals surface area contributed by atoms with Crippen LogP contribution in [0.4, 0.5) is 11.4 Å². The molecule has 0 aromatic heterocycles. The number of methoxy groups -OCH3 is 2. The lowest BCUT2D eigenvalue weighted by atomic mass is 10.1. The maximum absolute atomic E-state index is 5.42. The van der Waals surface area contributed by atoms with Gasteiger partial charge in [0.1, 0.15) is 18.1 Å². The van der Waals surface area contributed by atoms with Gasteiger partial charge in [-0.15, -0.1) is 0 Å². The van der Waals surface area contributed by atoms with Gasteiger partial charge in [0.15, 0.2) is 0 Å². The van der Waals surface area contributed by atoms with Gasteiger partial charge < -0.3 is 24.8 Å². The highest BCUT2D eigenvalue weighted by Gasteiger charge is 2.09. The summed E-state index contributed by atoms with van der Waals surface area (Å²) in [5, 5.41) is 6.54. The Kier molecular flexibility index (Phi) is 7.41. The minimum Gasteiger partial charge on any atom is -0.497 e. The van der Waals surface area contributed by atoms with Gasteiger partial charge in [0.25, 0.3) is 0 Å². The SMILES string of the molecule is COCCNc1cc(C)cc(C)c1.COc1ccc2c(c1)OCCN2. The van der Waals surface area contributed by atoms with E-state index in [-0.39, 0.29) is 0 Å². The lowest BCUT2D eigenvalue weighted by Crippen LogP contribution is -2.17. The van der Waals surface area contributed by atoms with Crippen LogP contribution < -0.4 is 20.1 Å². The van der Waals surface area contributed by atoms with Crippen LogP contribution in [0.15, 0.2) is 36.4 Å². The first-order valence-corrected chi connectivity index (χ1v) is 8.48. The monoisotopic (exact) mass is 344 g/mol. The Morgan fingerprint density at radius 2 is 1.84 bits per heavy atom. The van der Waals surface area contributed by atoms with Gasteiger partial charge in [-0.1, -0.05) is 6.07 Å². The van der Waals surface area contributed by atoms with E-state index in [0.717, 1.165) is 43.5 Å². The molecule has 5 nitrogen and oxygen atoms in total. The summed E-state index contributed by atoms with van der Waals surface area (Å²) < 4.78 is 15.5. The van der Waals surface area contributed by atoms with E-state index < -0.39 is 0 Å². The molecule has 0 fully saturated rings. The van der Waals surface area contributed by atoms with Gasteiger partial charge >= 0.3 is 0 Å². The molecule has 0 amide bonds. The zero-order chi connectivity index (χ0) is 18.1. The lowest BCUT2D eigenvalue weighted by molar-refractivity contribution is 0.211. The van der Waals surface area contributed by atoms with Crippen LogP contribution in [0.3, 0.4) is 0 Å². The molecule has 0 bridgehead atoms. The summed E-state index contributed by atoms with van der Waals surface area (Å²) in [5.41, 5.74) is 4.80. The molecule has 0 aliphatic carbocycles. The Morgan fingerprint density at radius 3 is 2.52 bits per heavy atom. The molecule has 136 valence electrons. The van der Waals surface area contributed by atoms with Gasteiger partial charge in [0, 0.05) is 32.0 Å². The molecule has 2 aromatic rings. The highest BCUT2D eigenvalue weighted by molar-refractivity contribution is 5.60. The van der Waals surface area contributed by atoms with Crippen molar-refractivity contribution in [2.75, 3.05) is 51.2 Å². The molecule has 1 heterocycles. The van der Waals surface area contributed by atoms with Crippen molar-refractivity contribution < 1.29 is 14.2 Å². The largest absolute Gasteiger partial charge is 0.497 e. The summed E-state index contributed by atoms with van der Waals surface area (Å²) in [7, 11) is 3.36. The Labute approximate surface area is 150 Å². The Hall–Kier alpha value is -2.40. The van der Waals surface area contributed by atoms with Crippen molar-refractivity contribution in [3.63, 3.8) is 0 Å².